The molecular formula is C6H2Br2S2. The van der Waals surface area contributed by atoms with Crippen LogP contribution in [0.25, 0.3) is 10.1 Å². The van der Waals surface area contributed by atoms with Gasteiger partial charge in [-0.25, -0.2) is 0 Å². The van der Waals surface area contributed by atoms with Gasteiger partial charge in [0.25, 0.3) is 0 Å². The molecule has 2 aromatic heterocycles. The summed E-state index contributed by atoms with van der Waals surface area (Å²) in [5.74, 6) is 0. The molecule has 0 aliphatic rings. The van der Waals surface area contributed by atoms with Gasteiger partial charge in [0.05, 0.1) is 8.26 Å². The second-order valence-corrected chi connectivity index (χ2v) is 5.75. The quantitative estimate of drug-likeness (QED) is 0.672. The summed E-state index contributed by atoms with van der Waals surface area (Å²) in [6.07, 6.45) is 0. The number of fused-ring (bicyclic) bond motifs is 1. The summed E-state index contributed by atoms with van der Waals surface area (Å²) in [5, 5.41) is 5.64. The smallest absolute Gasteiger partial charge is 0.0853 e. The number of hydrogen-bond donors (Lipinski definition) is 0. The molecule has 0 N–H and O–H groups in total. The fourth-order valence-corrected chi connectivity index (χ4v) is 4.16. The second kappa shape index (κ2) is 2.59. The van der Waals surface area contributed by atoms with Crippen LogP contribution in [-0.2, 0) is 0 Å². The first-order valence-corrected chi connectivity index (χ1v) is 5.93. The van der Waals surface area contributed by atoms with Crippen molar-refractivity contribution in [2.45, 2.75) is 0 Å². The van der Waals surface area contributed by atoms with Gasteiger partial charge < -0.3 is 0 Å². The molecule has 0 fully saturated rings. The summed E-state index contributed by atoms with van der Waals surface area (Å²) in [5.41, 5.74) is 0. The predicted octanol–water partition coefficient (Wildman–Crippen LogP) is 4.49. The van der Waals surface area contributed by atoms with Crippen LogP contribution in [0.3, 0.4) is 0 Å². The highest BCUT2D eigenvalue weighted by Gasteiger charge is 2.06. The van der Waals surface area contributed by atoms with Gasteiger partial charge in [-0.2, -0.15) is 11.3 Å². The van der Waals surface area contributed by atoms with Crippen molar-refractivity contribution >= 4 is 64.6 Å². The Bertz CT molecular complexity index is 361. The molecule has 0 saturated carbocycles. The summed E-state index contributed by atoms with van der Waals surface area (Å²) < 4.78 is 3.72. The average molecular weight is 298 g/mol. The van der Waals surface area contributed by atoms with Crippen LogP contribution >= 0.6 is 54.5 Å². The molecule has 52 valence electrons. The molecular weight excluding hydrogens is 296 g/mol. The third-order valence-electron chi connectivity index (χ3n) is 1.24. The van der Waals surface area contributed by atoms with E-state index in [2.05, 4.69) is 42.6 Å². The van der Waals surface area contributed by atoms with Gasteiger partial charge in [-0.1, -0.05) is 0 Å². The number of hydrogen-bond acceptors (Lipinski definition) is 2. The summed E-state index contributed by atoms with van der Waals surface area (Å²) in [6.45, 7) is 0. The first-order chi connectivity index (χ1) is 4.79. The fraction of sp³-hybridized carbons (Fsp3) is 0. The Morgan fingerprint density at radius 1 is 1.20 bits per heavy atom. The maximum atomic E-state index is 3.50. The molecule has 0 radical (unpaired) electrons. The van der Waals surface area contributed by atoms with E-state index in [9.17, 15) is 0 Å². The van der Waals surface area contributed by atoms with Gasteiger partial charge >= 0.3 is 0 Å². The molecule has 0 amide bonds. The molecule has 0 saturated heterocycles. The van der Waals surface area contributed by atoms with Crippen LogP contribution in [0.2, 0.25) is 0 Å². The van der Waals surface area contributed by atoms with Crippen molar-refractivity contribution in [3.63, 3.8) is 0 Å². The van der Waals surface area contributed by atoms with Gasteiger partial charge in [-0.3, -0.25) is 0 Å². The van der Waals surface area contributed by atoms with Crippen molar-refractivity contribution in [3.05, 3.63) is 19.0 Å². The lowest BCUT2D eigenvalue weighted by Crippen LogP contribution is -1.50. The maximum Gasteiger partial charge on any atom is 0.0853 e. The van der Waals surface area contributed by atoms with Gasteiger partial charge in [0.2, 0.25) is 0 Å². The lowest BCUT2D eigenvalue weighted by molar-refractivity contribution is 1.95. The Morgan fingerprint density at radius 3 is 2.70 bits per heavy atom. The van der Waals surface area contributed by atoms with Gasteiger partial charge in [0, 0.05) is 20.8 Å². The SMILES string of the molecule is Brc1sc2cscc2c1Br. The molecule has 2 rings (SSSR count). The minimum absolute atomic E-state index is 1.19. The number of rotatable bonds is 0. The van der Waals surface area contributed by atoms with Crippen LogP contribution in [0.5, 0.6) is 0 Å². The fourth-order valence-electron chi connectivity index (χ4n) is 0.772. The zero-order chi connectivity index (χ0) is 7.14. The molecule has 0 bridgehead atoms. The standard InChI is InChI=1S/C6H2Br2S2/c7-5-3-1-9-2-4(3)10-6(5)8/h1-2H. The van der Waals surface area contributed by atoms with Gasteiger partial charge in [-0.15, -0.1) is 11.3 Å². The van der Waals surface area contributed by atoms with Gasteiger partial charge in [0.15, 0.2) is 0 Å². The van der Waals surface area contributed by atoms with E-state index < -0.39 is 0 Å². The summed E-state index contributed by atoms with van der Waals surface area (Å²) in [6, 6.07) is 0. The van der Waals surface area contributed by atoms with E-state index in [1.807, 2.05) is 0 Å². The highest BCUT2D eigenvalue weighted by molar-refractivity contribution is 9.13. The van der Waals surface area contributed by atoms with Gasteiger partial charge in [0.1, 0.15) is 0 Å². The van der Waals surface area contributed by atoms with Crippen molar-refractivity contribution in [2.24, 2.45) is 0 Å². The van der Waals surface area contributed by atoms with Crippen LogP contribution in [0, 0.1) is 0 Å². The van der Waals surface area contributed by atoms with Crippen LogP contribution < -0.4 is 0 Å². The van der Waals surface area contributed by atoms with Crippen LogP contribution in [0.4, 0.5) is 0 Å². The zero-order valence-corrected chi connectivity index (χ0v) is 9.53. The molecule has 0 nitrogen and oxygen atoms in total. The highest BCUT2D eigenvalue weighted by atomic mass is 79.9. The minimum atomic E-state index is 1.19. The third-order valence-corrected chi connectivity index (χ3v) is 5.57. The van der Waals surface area contributed by atoms with E-state index in [4.69, 9.17) is 0 Å². The molecule has 0 spiro atoms. The average Bonchev–Trinajstić information content (AvgIpc) is 2.41. The Kier molecular flexibility index (Phi) is 1.88. The van der Waals surface area contributed by atoms with Crippen molar-refractivity contribution < 1.29 is 0 Å². The van der Waals surface area contributed by atoms with Crippen molar-refractivity contribution in [2.75, 3.05) is 0 Å². The molecule has 0 atom stereocenters. The molecule has 4 heteroatoms. The third kappa shape index (κ3) is 0.978. The van der Waals surface area contributed by atoms with E-state index in [0.29, 0.717) is 0 Å². The first-order valence-electron chi connectivity index (χ1n) is 2.58. The summed E-state index contributed by atoms with van der Waals surface area (Å²) in [4.78, 5) is 0. The lowest BCUT2D eigenvalue weighted by atomic mass is 10.4. The number of halogens is 2. The Balaban J connectivity index is 2.95. The molecule has 10 heavy (non-hydrogen) atoms. The zero-order valence-electron chi connectivity index (χ0n) is 4.73. The second-order valence-electron chi connectivity index (χ2n) is 1.84. The van der Waals surface area contributed by atoms with E-state index >= 15 is 0 Å². The Hall–Kier alpha value is 0.620. The minimum Gasteiger partial charge on any atom is -0.150 e. The first kappa shape index (κ1) is 7.28. The normalized spacial score (nSPS) is 11.0. The molecule has 2 heterocycles. The largest absolute Gasteiger partial charge is 0.150 e. The van der Waals surface area contributed by atoms with E-state index in [-0.39, 0.29) is 0 Å². The van der Waals surface area contributed by atoms with E-state index in [1.165, 1.54) is 18.3 Å². The predicted molar refractivity (Wildman–Crippen MR) is 55.1 cm³/mol. The van der Waals surface area contributed by atoms with Crippen molar-refractivity contribution in [3.8, 4) is 0 Å². The lowest BCUT2D eigenvalue weighted by Gasteiger charge is -1.79. The summed E-state index contributed by atoms with van der Waals surface area (Å²) >= 11 is 10.5. The molecule has 0 aliphatic carbocycles. The number of thiophene rings is 2. The molecule has 0 aliphatic heterocycles. The van der Waals surface area contributed by atoms with Gasteiger partial charge in [-0.05, 0) is 31.9 Å². The maximum absolute atomic E-state index is 3.50. The molecule has 2 aromatic rings. The molecule has 0 unspecified atom stereocenters. The van der Waals surface area contributed by atoms with E-state index in [0.717, 1.165) is 0 Å². The van der Waals surface area contributed by atoms with Crippen LogP contribution in [-0.4, -0.2) is 0 Å². The van der Waals surface area contributed by atoms with E-state index in [1.54, 1.807) is 22.7 Å². The van der Waals surface area contributed by atoms with Crippen LogP contribution in [0.15, 0.2) is 19.0 Å². The summed E-state index contributed by atoms with van der Waals surface area (Å²) in [7, 11) is 0. The highest BCUT2D eigenvalue weighted by Crippen LogP contribution is 2.40. The topological polar surface area (TPSA) is 0 Å². The van der Waals surface area contributed by atoms with Crippen LogP contribution in [0.1, 0.15) is 0 Å². The monoisotopic (exact) mass is 296 g/mol. The molecule has 0 aromatic carbocycles. The Labute approximate surface area is 83.1 Å². The Morgan fingerprint density at radius 2 is 2.00 bits per heavy atom. The van der Waals surface area contributed by atoms with Crippen molar-refractivity contribution in [1.82, 2.24) is 0 Å². The van der Waals surface area contributed by atoms with Crippen molar-refractivity contribution in [1.29, 1.82) is 0 Å².